The van der Waals surface area contributed by atoms with E-state index in [1.807, 2.05) is 19.0 Å². The zero-order valence-electron chi connectivity index (χ0n) is 17.6. The first-order chi connectivity index (χ1) is 14.8. The fraction of sp³-hybridized carbons (Fsp3) is 0.273. The van der Waals surface area contributed by atoms with Crippen molar-refractivity contribution in [1.29, 1.82) is 0 Å². The molecule has 3 aromatic rings. The number of hydrogen-bond donors (Lipinski definition) is 0. The zero-order valence-corrected chi connectivity index (χ0v) is 19.2. The molecule has 2 aromatic carbocycles. The molecule has 7 nitrogen and oxygen atoms in total. The summed E-state index contributed by atoms with van der Waals surface area (Å²) in [4.78, 5) is 46.8. The van der Waals surface area contributed by atoms with Crippen LogP contribution in [0.15, 0.2) is 42.5 Å². The van der Waals surface area contributed by atoms with Crippen molar-refractivity contribution in [2.75, 3.05) is 37.0 Å². The Labute approximate surface area is 194 Å². The highest BCUT2D eigenvalue weighted by Crippen LogP contribution is 2.31. The highest BCUT2D eigenvalue weighted by atomic mass is 35.5. The number of nitrogens with zero attached hydrogens (tertiary/aromatic N) is 4. The molecule has 32 heavy (non-hydrogen) atoms. The number of aromatic nitrogens is 1. The first kappa shape index (κ1) is 23.8. The SMILES string of the molecule is CN(C)CCN(C(=O)c1cccc(N2C(=O)CCC2=O)c1)c1nc2ccc(F)cc2s1.Cl. The number of benzene rings is 2. The van der Waals surface area contributed by atoms with Gasteiger partial charge in [0.05, 0.1) is 15.9 Å². The Morgan fingerprint density at radius 3 is 2.50 bits per heavy atom. The van der Waals surface area contributed by atoms with Gasteiger partial charge in [0, 0.05) is 31.5 Å². The number of likely N-dealkylation sites (N-methyl/N-ethyl adjacent to an activating group) is 1. The number of carbonyl (C=O) groups excluding carboxylic acids is 3. The van der Waals surface area contributed by atoms with Crippen molar-refractivity contribution in [1.82, 2.24) is 9.88 Å². The summed E-state index contributed by atoms with van der Waals surface area (Å²) in [6.07, 6.45) is 0.350. The van der Waals surface area contributed by atoms with Crippen LogP contribution in [0.3, 0.4) is 0 Å². The predicted molar refractivity (Wildman–Crippen MR) is 125 cm³/mol. The summed E-state index contributed by atoms with van der Waals surface area (Å²) in [7, 11) is 3.81. The van der Waals surface area contributed by atoms with Gasteiger partial charge in [-0.3, -0.25) is 24.2 Å². The average molecular weight is 477 g/mol. The lowest BCUT2D eigenvalue weighted by Crippen LogP contribution is -2.37. The summed E-state index contributed by atoms with van der Waals surface area (Å²) >= 11 is 1.24. The van der Waals surface area contributed by atoms with E-state index in [-0.39, 0.29) is 48.8 Å². The summed E-state index contributed by atoms with van der Waals surface area (Å²) in [5.41, 5.74) is 1.34. The van der Waals surface area contributed by atoms with Crippen LogP contribution in [-0.2, 0) is 9.59 Å². The minimum absolute atomic E-state index is 0. The van der Waals surface area contributed by atoms with Crippen molar-refractivity contribution in [2.45, 2.75) is 12.8 Å². The van der Waals surface area contributed by atoms with Crippen molar-refractivity contribution in [3.8, 4) is 0 Å². The fourth-order valence-electron chi connectivity index (χ4n) is 3.38. The normalized spacial score (nSPS) is 13.7. The quantitative estimate of drug-likeness (QED) is 0.507. The lowest BCUT2D eigenvalue weighted by molar-refractivity contribution is -0.121. The van der Waals surface area contributed by atoms with Gasteiger partial charge in [-0.25, -0.2) is 9.37 Å². The van der Waals surface area contributed by atoms with Crippen molar-refractivity contribution < 1.29 is 18.8 Å². The van der Waals surface area contributed by atoms with Crippen molar-refractivity contribution >= 4 is 62.5 Å². The largest absolute Gasteiger partial charge is 0.308 e. The molecule has 0 saturated carbocycles. The summed E-state index contributed by atoms with van der Waals surface area (Å²) in [6, 6.07) is 10.8. The number of rotatable bonds is 6. The molecular formula is C22H22ClFN4O3S. The van der Waals surface area contributed by atoms with Gasteiger partial charge in [-0.15, -0.1) is 12.4 Å². The van der Waals surface area contributed by atoms with E-state index in [0.717, 1.165) is 4.90 Å². The fourth-order valence-corrected chi connectivity index (χ4v) is 4.40. The van der Waals surface area contributed by atoms with Gasteiger partial charge in [0.1, 0.15) is 5.82 Å². The van der Waals surface area contributed by atoms with Crippen LogP contribution >= 0.6 is 23.7 Å². The molecule has 0 atom stereocenters. The van der Waals surface area contributed by atoms with Crippen LogP contribution in [0, 0.1) is 5.82 Å². The Balaban J connectivity index is 0.00000289. The summed E-state index contributed by atoms with van der Waals surface area (Å²) in [6.45, 7) is 0.971. The lowest BCUT2D eigenvalue weighted by atomic mass is 10.1. The van der Waals surface area contributed by atoms with Crippen LogP contribution in [0.1, 0.15) is 23.2 Å². The molecule has 0 spiro atoms. The Kier molecular flexibility index (Phi) is 7.22. The molecule has 2 heterocycles. The molecule has 1 fully saturated rings. The highest BCUT2D eigenvalue weighted by molar-refractivity contribution is 7.22. The maximum atomic E-state index is 13.6. The minimum Gasteiger partial charge on any atom is -0.308 e. The Hall–Kier alpha value is -2.88. The molecule has 0 aliphatic carbocycles. The van der Waals surface area contributed by atoms with Gasteiger partial charge in [-0.05, 0) is 50.5 Å². The molecule has 1 aliphatic heterocycles. The molecule has 1 aromatic heterocycles. The summed E-state index contributed by atoms with van der Waals surface area (Å²) < 4.78 is 14.3. The number of anilines is 2. The number of amides is 3. The second-order valence-electron chi connectivity index (χ2n) is 7.54. The second-order valence-corrected chi connectivity index (χ2v) is 8.55. The van der Waals surface area contributed by atoms with Gasteiger partial charge in [0.25, 0.3) is 5.91 Å². The first-order valence-electron chi connectivity index (χ1n) is 9.82. The molecule has 3 amide bonds. The van der Waals surface area contributed by atoms with E-state index in [2.05, 4.69) is 4.98 Å². The Morgan fingerprint density at radius 2 is 1.81 bits per heavy atom. The number of halogens is 2. The number of hydrogen-bond acceptors (Lipinski definition) is 6. The van der Waals surface area contributed by atoms with Gasteiger partial charge in [-0.2, -0.15) is 0 Å². The van der Waals surface area contributed by atoms with Crippen LogP contribution in [0.2, 0.25) is 0 Å². The second kappa shape index (κ2) is 9.72. The Bertz CT molecular complexity index is 1170. The van der Waals surface area contributed by atoms with Gasteiger partial charge in [0.2, 0.25) is 11.8 Å². The highest BCUT2D eigenvalue weighted by Gasteiger charge is 2.31. The lowest BCUT2D eigenvalue weighted by Gasteiger charge is -2.22. The van der Waals surface area contributed by atoms with Crippen molar-refractivity contribution in [3.63, 3.8) is 0 Å². The first-order valence-corrected chi connectivity index (χ1v) is 10.6. The summed E-state index contributed by atoms with van der Waals surface area (Å²) in [5, 5.41) is 0.464. The van der Waals surface area contributed by atoms with Crippen LogP contribution in [0.5, 0.6) is 0 Å². The van der Waals surface area contributed by atoms with Crippen molar-refractivity contribution in [2.24, 2.45) is 0 Å². The van der Waals surface area contributed by atoms with E-state index in [9.17, 15) is 18.8 Å². The molecule has 0 N–H and O–H groups in total. The van der Waals surface area contributed by atoms with E-state index in [0.29, 0.717) is 39.7 Å². The van der Waals surface area contributed by atoms with E-state index in [1.54, 1.807) is 35.2 Å². The van der Waals surface area contributed by atoms with Crippen LogP contribution < -0.4 is 9.80 Å². The van der Waals surface area contributed by atoms with Gasteiger partial charge in [-0.1, -0.05) is 17.4 Å². The predicted octanol–water partition coefficient (Wildman–Crippen LogP) is 3.72. The van der Waals surface area contributed by atoms with Crippen molar-refractivity contribution in [3.05, 3.63) is 53.8 Å². The molecule has 0 unspecified atom stereocenters. The smallest absolute Gasteiger partial charge is 0.260 e. The monoisotopic (exact) mass is 476 g/mol. The molecular weight excluding hydrogens is 455 g/mol. The summed E-state index contributed by atoms with van der Waals surface area (Å²) in [5.74, 6) is -1.21. The zero-order chi connectivity index (χ0) is 22.1. The molecule has 4 rings (SSSR count). The molecule has 1 saturated heterocycles. The van der Waals surface area contributed by atoms with Crippen LogP contribution in [0.4, 0.5) is 15.2 Å². The molecule has 10 heteroatoms. The van der Waals surface area contributed by atoms with E-state index >= 15 is 0 Å². The Morgan fingerprint density at radius 1 is 1.09 bits per heavy atom. The average Bonchev–Trinajstić information content (AvgIpc) is 3.30. The maximum Gasteiger partial charge on any atom is 0.260 e. The maximum absolute atomic E-state index is 13.6. The standard InChI is InChI=1S/C22H21FN4O3S.ClH/c1-25(2)10-11-26(22-24-17-7-6-15(23)13-18(17)31-22)21(30)14-4-3-5-16(12-14)27-19(28)8-9-20(27)29;/h3-7,12-13H,8-11H2,1-2H3;1H. The topological polar surface area (TPSA) is 73.8 Å². The van der Waals surface area contributed by atoms with Crippen LogP contribution in [-0.4, -0.2) is 54.8 Å². The molecule has 0 bridgehead atoms. The number of carbonyl (C=O) groups is 3. The third-order valence-corrected chi connectivity index (χ3v) is 6.03. The van der Waals surface area contributed by atoms with E-state index in [1.165, 1.54) is 23.5 Å². The van der Waals surface area contributed by atoms with Crippen LogP contribution in [0.25, 0.3) is 10.2 Å². The minimum atomic E-state index is -0.360. The van der Waals surface area contributed by atoms with Gasteiger partial charge < -0.3 is 4.90 Å². The third kappa shape index (κ3) is 4.79. The molecule has 168 valence electrons. The third-order valence-electron chi connectivity index (χ3n) is 4.99. The number of thiazole rings is 1. The van der Waals surface area contributed by atoms with E-state index in [4.69, 9.17) is 0 Å². The molecule has 0 radical (unpaired) electrons. The van der Waals surface area contributed by atoms with Gasteiger partial charge >= 0.3 is 0 Å². The van der Waals surface area contributed by atoms with Gasteiger partial charge in [0.15, 0.2) is 5.13 Å². The van der Waals surface area contributed by atoms with E-state index < -0.39 is 0 Å². The number of imide groups is 1. The molecule has 1 aliphatic rings. The number of fused-ring (bicyclic) bond motifs is 1.